The summed E-state index contributed by atoms with van der Waals surface area (Å²) in [5.74, 6) is 1.94. The number of aryl methyl sites for hydroxylation is 1. The Hall–Kier alpha value is -2.88. The maximum Gasteiger partial charge on any atom is 0.269 e. The summed E-state index contributed by atoms with van der Waals surface area (Å²) in [4.78, 5) is 13.8. The molecule has 0 fully saturated rings. The van der Waals surface area contributed by atoms with E-state index >= 15 is 0 Å². The van der Waals surface area contributed by atoms with Gasteiger partial charge in [-0.2, -0.15) is 0 Å². The lowest BCUT2D eigenvalue weighted by Crippen LogP contribution is -2.46. The predicted octanol–water partition coefficient (Wildman–Crippen LogP) is 5.80. The number of hydrogen-bond acceptors (Lipinski definition) is 3. The summed E-state index contributed by atoms with van der Waals surface area (Å²) in [6, 6.07) is 12.3. The van der Waals surface area contributed by atoms with Crippen LogP contribution in [0.15, 0.2) is 60.7 Å². The zero-order chi connectivity index (χ0) is 19.7. The van der Waals surface area contributed by atoms with Crippen LogP contribution in [0.2, 0.25) is 0 Å². The summed E-state index contributed by atoms with van der Waals surface area (Å²) in [5.41, 5.74) is 6.93. The lowest BCUT2D eigenvalue weighted by Gasteiger charge is -2.51. The molecule has 2 aliphatic carbocycles. The number of nitro groups is 1. The molecule has 0 N–H and O–H groups in total. The van der Waals surface area contributed by atoms with Crippen molar-refractivity contribution in [3.8, 4) is 0 Å². The van der Waals surface area contributed by atoms with Gasteiger partial charge in [-0.25, -0.2) is 0 Å². The minimum absolute atomic E-state index is 0.186. The minimum Gasteiger partial charge on any atom is -0.363 e. The fraction of sp³-hybridized carbons (Fsp3) is 0.360. The number of allylic oxidation sites excluding steroid dienone is 4. The monoisotopic (exact) mass is 384 g/mol. The van der Waals surface area contributed by atoms with E-state index in [2.05, 4.69) is 54.3 Å². The molecule has 0 radical (unpaired) electrons. The number of hydrogen-bond donors (Lipinski definition) is 0. The number of nitrogens with zero attached hydrogens (tertiary/aromatic N) is 2. The third-order valence-electron chi connectivity index (χ3n) is 7.42. The molecule has 29 heavy (non-hydrogen) atoms. The van der Waals surface area contributed by atoms with E-state index in [1.54, 1.807) is 12.1 Å². The van der Waals surface area contributed by atoms with Crippen molar-refractivity contribution in [2.75, 3.05) is 11.4 Å². The van der Waals surface area contributed by atoms with E-state index < -0.39 is 0 Å². The zero-order valence-corrected chi connectivity index (χ0v) is 16.5. The number of non-ortho nitro benzene ring substituents is 1. The van der Waals surface area contributed by atoms with Crippen molar-refractivity contribution >= 4 is 11.4 Å². The quantitative estimate of drug-likeness (QED) is 0.374. The second-order valence-electron chi connectivity index (χ2n) is 9.04. The molecular weight excluding hydrogens is 360 g/mol. The van der Waals surface area contributed by atoms with Gasteiger partial charge in [0.15, 0.2) is 0 Å². The predicted molar refractivity (Wildman–Crippen MR) is 114 cm³/mol. The van der Waals surface area contributed by atoms with Crippen LogP contribution in [0.25, 0.3) is 0 Å². The topological polar surface area (TPSA) is 46.4 Å². The van der Waals surface area contributed by atoms with Gasteiger partial charge in [0.2, 0.25) is 0 Å². The van der Waals surface area contributed by atoms with Gasteiger partial charge in [0, 0.05) is 36.2 Å². The number of fused-ring (bicyclic) bond motifs is 4. The molecule has 146 valence electrons. The van der Waals surface area contributed by atoms with Crippen LogP contribution in [0.4, 0.5) is 11.4 Å². The molecule has 0 saturated heterocycles. The van der Waals surface area contributed by atoms with E-state index in [9.17, 15) is 10.1 Å². The normalized spacial score (nSPS) is 30.8. The van der Waals surface area contributed by atoms with E-state index in [-0.39, 0.29) is 16.7 Å². The first kappa shape index (κ1) is 17.0. The lowest BCUT2D eigenvalue weighted by atomic mass is 9.70. The van der Waals surface area contributed by atoms with Crippen LogP contribution in [0.3, 0.4) is 0 Å². The van der Waals surface area contributed by atoms with Crippen molar-refractivity contribution < 1.29 is 4.92 Å². The molecule has 0 unspecified atom stereocenters. The fourth-order valence-electron chi connectivity index (χ4n) is 6.33. The van der Waals surface area contributed by atoms with Crippen molar-refractivity contribution in [3.63, 3.8) is 0 Å². The Morgan fingerprint density at radius 2 is 1.79 bits per heavy atom. The van der Waals surface area contributed by atoms with Gasteiger partial charge in [-0.05, 0) is 48.3 Å². The molecule has 5 atom stereocenters. The maximum absolute atomic E-state index is 11.4. The molecule has 2 aliphatic heterocycles. The Balaban J connectivity index is 1.57. The van der Waals surface area contributed by atoms with Crippen LogP contribution in [0.1, 0.15) is 53.0 Å². The third kappa shape index (κ3) is 2.38. The molecule has 0 bridgehead atoms. The van der Waals surface area contributed by atoms with Gasteiger partial charge in [-0.3, -0.25) is 10.1 Å². The van der Waals surface area contributed by atoms with Gasteiger partial charge >= 0.3 is 0 Å². The Labute approximate surface area is 170 Å². The van der Waals surface area contributed by atoms with E-state index in [1.165, 1.54) is 22.4 Å². The van der Waals surface area contributed by atoms with Crippen LogP contribution in [0, 0.1) is 28.9 Å². The molecular formula is C25H24N2O2. The van der Waals surface area contributed by atoms with Crippen LogP contribution < -0.4 is 4.90 Å². The van der Waals surface area contributed by atoms with Crippen LogP contribution in [0.5, 0.6) is 0 Å². The summed E-state index contributed by atoms with van der Waals surface area (Å²) in [6.07, 6.45) is 11.6. The summed E-state index contributed by atoms with van der Waals surface area (Å²) in [5, 5.41) is 11.4. The van der Waals surface area contributed by atoms with Crippen LogP contribution in [-0.4, -0.2) is 11.5 Å². The molecule has 0 saturated carbocycles. The molecule has 2 aromatic rings. The molecule has 2 aromatic carbocycles. The largest absolute Gasteiger partial charge is 0.363 e. The van der Waals surface area contributed by atoms with Crippen LogP contribution in [-0.2, 0) is 0 Å². The second-order valence-corrected chi connectivity index (χ2v) is 9.04. The summed E-state index contributed by atoms with van der Waals surface area (Å²) >= 11 is 0. The highest BCUT2D eigenvalue weighted by molar-refractivity contribution is 5.71. The van der Waals surface area contributed by atoms with Gasteiger partial charge in [0.25, 0.3) is 5.69 Å². The standard InChI is InChI=1S/C25H24N2O2/c1-15-11-22-19-8-3-6-17(19)14-26-24(16-5-2-7-18(13-16)27(28)29)21-10-4-9-20(21)23(12-15)25(22)26/h2-5,7-9,11-13,17,19-21,24H,6,10,14H2,1H3/t17-,19+,20-,21-,24+/m1/s1. The van der Waals surface area contributed by atoms with E-state index in [4.69, 9.17) is 0 Å². The first-order valence-corrected chi connectivity index (χ1v) is 10.6. The van der Waals surface area contributed by atoms with Crippen molar-refractivity contribution in [2.24, 2.45) is 11.8 Å². The first-order chi connectivity index (χ1) is 14.1. The van der Waals surface area contributed by atoms with Crippen LogP contribution >= 0.6 is 0 Å². The molecule has 2 heterocycles. The second kappa shape index (κ2) is 6.06. The van der Waals surface area contributed by atoms with E-state index in [0.717, 1.165) is 24.9 Å². The molecule has 0 spiro atoms. The maximum atomic E-state index is 11.4. The highest BCUT2D eigenvalue weighted by atomic mass is 16.6. The smallest absolute Gasteiger partial charge is 0.269 e. The Morgan fingerprint density at radius 1 is 1.03 bits per heavy atom. The number of nitro benzene ring substituents is 1. The van der Waals surface area contributed by atoms with Crippen molar-refractivity contribution in [3.05, 3.63) is 93.1 Å². The van der Waals surface area contributed by atoms with Gasteiger partial charge in [-0.1, -0.05) is 54.1 Å². The SMILES string of the molecule is Cc1cc2c3c(c1)[C@@H]1C=CC[C@H]1[C@H](c1cccc([N+](=O)[O-])c1)N3C[C@H]1CC=C[C@H]21. The molecule has 0 amide bonds. The van der Waals surface area contributed by atoms with Crippen molar-refractivity contribution in [1.29, 1.82) is 0 Å². The Morgan fingerprint density at radius 3 is 2.62 bits per heavy atom. The molecule has 4 heteroatoms. The van der Waals surface area contributed by atoms with Gasteiger partial charge in [-0.15, -0.1) is 0 Å². The van der Waals surface area contributed by atoms with Crippen molar-refractivity contribution in [1.82, 2.24) is 0 Å². The third-order valence-corrected chi connectivity index (χ3v) is 7.42. The van der Waals surface area contributed by atoms with Gasteiger partial charge < -0.3 is 4.90 Å². The average molecular weight is 384 g/mol. The fourth-order valence-corrected chi connectivity index (χ4v) is 6.33. The number of anilines is 1. The summed E-state index contributed by atoms with van der Waals surface area (Å²) in [6.45, 7) is 3.24. The van der Waals surface area contributed by atoms with Crippen molar-refractivity contribution in [2.45, 2.75) is 37.6 Å². The molecule has 4 aliphatic rings. The average Bonchev–Trinajstić information content (AvgIpc) is 3.37. The molecule has 4 nitrogen and oxygen atoms in total. The number of rotatable bonds is 2. The van der Waals surface area contributed by atoms with Gasteiger partial charge in [0.1, 0.15) is 0 Å². The van der Waals surface area contributed by atoms with E-state index in [0.29, 0.717) is 23.7 Å². The number of benzene rings is 2. The first-order valence-electron chi connectivity index (χ1n) is 10.6. The minimum atomic E-state index is -0.271. The summed E-state index contributed by atoms with van der Waals surface area (Å²) in [7, 11) is 0. The zero-order valence-electron chi connectivity index (χ0n) is 16.5. The highest BCUT2D eigenvalue weighted by Gasteiger charge is 2.47. The Bertz CT molecular complexity index is 1070. The highest BCUT2D eigenvalue weighted by Crippen LogP contribution is 2.59. The molecule has 0 aromatic heterocycles. The Kier molecular flexibility index (Phi) is 3.55. The lowest BCUT2D eigenvalue weighted by molar-refractivity contribution is -0.384. The van der Waals surface area contributed by atoms with Gasteiger partial charge in [0.05, 0.1) is 11.0 Å². The molecule has 6 rings (SSSR count). The summed E-state index contributed by atoms with van der Waals surface area (Å²) < 4.78 is 0. The van der Waals surface area contributed by atoms with E-state index in [1.807, 2.05) is 6.07 Å².